The number of ether oxygens (including phenoxy) is 2. The number of nitrogens with zero attached hydrogens (tertiary/aromatic N) is 2. The molecule has 0 aromatic carbocycles. The Labute approximate surface area is 144 Å². The van der Waals surface area contributed by atoms with Crippen molar-refractivity contribution >= 4 is 5.91 Å². The monoisotopic (exact) mass is 338 g/mol. The van der Waals surface area contributed by atoms with Gasteiger partial charge in [-0.3, -0.25) is 9.69 Å². The van der Waals surface area contributed by atoms with Crippen LogP contribution in [0.15, 0.2) is 0 Å². The van der Waals surface area contributed by atoms with Crippen molar-refractivity contribution in [3.05, 3.63) is 0 Å². The Morgan fingerprint density at radius 3 is 2.38 bits per heavy atom. The van der Waals surface area contributed by atoms with Crippen LogP contribution in [0.4, 0.5) is 0 Å². The van der Waals surface area contributed by atoms with Crippen LogP contribution >= 0.6 is 0 Å². The lowest BCUT2D eigenvalue weighted by atomic mass is 9.83. The van der Waals surface area contributed by atoms with Gasteiger partial charge >= 0.3 is 0 Å². The van der Waals surface area contributed by atoms with E-state index in [0.717, 1.165) is 45.4 Å². The quantitative estimate of drug-likeness (QED) is 0.828. The predicted molar refractivity (Wildman–Crippen MR) is 88.4 cm³/mol. The topological polar surface area (TPSA) is 62.2 Å². The molecule has 136 valence electrons. The van der Waals surface area contributed by atoms with Crippen LogP contribution in [0.25, 0.3) is 0 Å². The third-order valence-electron chi connectivity index (χ3n) is 6.32. The Hall–Kier alpha value is -0.690. The molecule has 1 spiro atoms. The summed E-state index contributed by atoms with van der Waals surface area (Å²) < 4.78 is 11.5. The third-order valence-corrected chi connectivity index (χ3v) is 6.32. The Morgan fingerprint density at radius 1 is 1.04 bits per heavy atom. The first-order chi connectivity index (χ1) is 11.6. The molecule has 1 aliphatic carbocycles. The zero-order valence-corrected chi connectivity index (χ0v) is 14.5. The van der Waals surface area contributed by atoms with Crippen LogP contribution in [0.3, 0.4) is 0 Å². The number of carbonyl (C=O) groups excluding carboxylic acids is 1. The van der Waals surface area contributed by atoms with Crippen LogP contribution in [0.1, 0.15) is 44.9 Å². The SMILES string of the molecule is O=C1N(CC2CCC2)CCC[C@@]1(O)CN1CCC2(CC1)OCCO2. The number of β-amino-alcohol motifs (C(OH)–C–C–N with tert-alkyl or cyclic N) is 1. The van der Waals surface area contributed by atoms with E-state index in [-0.39, 0.29) is 5.91 Å². The first kappa shape index (κ1) is 16.8. The van der Waals surface area contributed by atoms with Crippen molar-refractivity contribution in [2.45, 2.75) is 56.3 Å². The minimum Gasteiger partial charge on any atom is -0.379 e. The fourth-order valence-electron chi connectivity index (χ4n) is 4.58. The Bertz CT molecular complexity index is 466. The van der Waals surface area contributed by atoms with Gasteiger partial charge in [0.05, 0.1) is 13.2 Å². The van der Waals surface area contributed by atoms with E-state index in [4.69, 9.17) is 9.47 Å². The second-order valence-corrected chi connectivity index (χ2v) is 8.07. The molecule has 4 rings (SSSR count). The van der Waals surface area contributed by atoms with Gasteiger partial charge in [0.1, 0.15) is 0 Å². The summed E-state index contributed by atoms with van der Waals surface area (Å²) in [6.45, 7) is 5.09. The summed E-state index contributed by atoms with van der Waals surface area (Å²) in [5, 5.41) is 11.0. The molecule has 0 radical (unpaired) electrons. The summed E-state index contributed by atoms with van der Waals surface area (Å²) in [4.78, 5) is 17.0. The highest BCUT2D eigenvalue weighted by Gasteiger charge is 2.46. The number of piperidine rings is 2. The number of likely N-dealkylation sites (tertiary alicyclic amines) is 2. The summed E-state index contributed by atoms with van der Waals surface area (Å²) in [7, 11) is 0. The Kier molecular flexibility index (Phi) is 4.58. The van der Waals surface area contributed by atoms with Crippen molar-refractivity contribution in [3.63, 3.8) is 0 Å². The molecular weight excluding hydrogens is 308 g/mol. The molecule has 24 heavy (non-hydrogen) atoms. The highest BCUT2D eigenvalue weighted by Crippen LogP contribution is 2.34. The molecule has 0 aromatic rings. The fraction of sp³-hybridized carbons (Fsp3) is 0.944. The molecule has 1 amide bonds. The minimum absolute atomic E-state index is 0.0469. The summed E-state index contributed by atoms with van der Waals surface area (Å²) in [6.07, 6.45) is 6.89. The second-order valence-electron chi connectivity index (χ2n) is 8.07. The zero-order valence-electron chi connectivity index (χ0n) is 14.5. The van der Waals surface area contributed by atoms with Crippen LogP contribution in [-0.2, 0) is 14.3 Å². The maximum Gasteiger partial charge on any atom is 0.255 e. The lowest BCUT2D eigenvalue weighted by Gasteiger charge is -2.45. The second kappa shape index (κ2) is 6.56. The van der Waals surface area contributed by atoms with Crippen LogP contribution < -0.4 is 0 Å². The molecule has 4 fully saturated rings. The van der Waals surface area contributed by atoms with Crippen LogP contribution in [0.5, 0.6) is 0 Å². The highest BCUT2D eigenvalue weighted by molar-refractivity contribution is 5.86. The summed E-state index contributed by atoms with van der Waals surface area (Å²) in [6, 6.07) is 0. The van der Waals surface area contributed by atoms with E-state index in [0.29, 0.717) is 32.1 Å². The van der Waals surface area contributed by atoms with E-state index in [1.807, 2.05) is 4.90 Å². The van der Waals surface area contributed by atoms with Crippen molar-refractivity contribution in [3.8, 4) is 0 Å². The summed E-state index contributed by atoms with van der Waals surface area (Å²) >= 11 is 0. The lowest BCUT2D eigenvalue weighted by Crippen LogP contribution is -2.60. The molecule has 4 aliphatic rings. The minimum atomic E-state index is -1.20. The van der Waals surface area contributed by atoms with Gasteiger partial charge < -0.3 is 19.5 Å². The zero-order chi connectivity index (χ0) is 16.6. The lowest BCUT2D eigenvalue weighted by molar-refractivity contribution is -0.191. The standard InChI is InChI=1S/C18H30N2O4/c21-16-17(22,5-2-8-20(16)13-15-3-1-4-15)14-19-9-6-18(7-10-19)23-11-12-24-18/h15,22H,1-14H2/t17-/m1/s1. The average molecular weight is 338 g/mol. The fourth-order valence-corrected chi connectivity index (χ4v) is 4.58. The van der Waals surface area contributed by atoms with Crippen LogP contribution in [-0.4, -0.2) is 78.1 Å². The Morgan fingerprint density at radius 2 is 1.75 bits per heavy atom. The van der Waals surface area contributed by atoms with E-state index in [9.17, 15) is 9.90 Å². The van der Waals surface area contributed by atoms with Gasteiger partial charge in [0, 0.05) is 45.6 Å². The van der Waals surface area contributed by atoms with Gasteiger partial charge in [-0.1, -0.05) is 6.42 Å². The number of amides is 1. The van der Waals surface area contributed by atoms with Crippen LogP contribution in [0.2, 0.25) is 0 Å². The number of carbonyl (C=O) groups is 1. The molecule has 0 aromatic heterocycles. The van der Waals surface area contributed by atoms with E-state index < -0.39 is 11.4 Å². The molecule has 1 atom stereocenters. The first-order valence-electron chi connectivity index (χ1n) is 9.61. The molecular formula is C18H30N2O4. The van der Waals surface area contributed by atoms with Crippen molar-refractivity contribution in [2.24, 2.45) is 5.92 Å². The number of hydrogen-bond acceptors (Lipinski definition) is 5. The number of aliphatic hydroxyl groups is 1. The van der Waals surface area contributed by atoms with Gasteiger partial charge in [-0.15, -0.1) is 0 Å². The highest BCUT2D eigenvalue weighted by atomic mass is 16.7. The first-order valence-corrected chi connectivity index (χ1v) is 9.61. The number of rotatable bonds is 4. The normalized spacial score (nSPS) is 34.7. The average Bonchev–Trinajstić information content (AvgIpc) is 2.98. The van der Waals surface area contributed by atoms with Gasteiger partial charge in [0.2, 0.25) is 0 Å². The Balaban J connectivity index is 1.33. The molecule has 6 heteroatoms. The van der Waals surface area contributed by atoms with E-state index in [1.54, 1.807) is 0 Å². The van der Waals surface area contributed by atoms with Gasteiger partial charge in [-0.2, -0.15) is 0 Å². The maximum absolute atomic E-state index is 12.8. The van der Waals surface area contributed by atoms with Crippen molar-refractivity contribution in [2.75, 3.05) is 45.9 Å². The molecule has 3 aliphatic heterocycles. The van der Waals surface area contributed by atoms with E-state index in [2.05, 4.69) is 4.90 Å². The molecule has 1 N–H and O–H groups in total. The molecule has 3 heterocycles. The van der Waals surface area contributed by atoms with Crippen molar-refractivity contribution in [1.82, 2.24) is 9.80 Å². The van der Waals surface area contributed by atoms with Gasteiger partial charge in [0.15, 0.2) is 11.4 Å². The molecule has 6 nitrogen and oxygen atoms in total. The third kappa shape index (κ3) is 3.21. The van der Waals surface area contributed by atoms with Gasteiger partial charge in [-0.05, 0) is 31.6 Å². The van der Waals surface area contributed by atoms with Crippen molar-refractivity contribution in [1.29, 1.82) is 0 Å². The predicted octanol–water partition coefficient (Wildman–Crippen LogP) is 0.979. The molecule has 0 unspecified atom stereocenters. The molecule has 1 saturated carbocycles. The van der Waals surface area contributed by atoms with Crippen molar-refractivity contribution < 1.29 is 19.4 Å². The van der Waals surface area contributed by atoms with Gasteiger partial charge in [0.25, 0.3) is 5.91 Å². The van der Waals surface area contributed by atoms with Crippen LogP contribution in [0, 0.1) is 5.92 Å². The number of hydrogen-bond donors (Lipinski definition) is 1. The van der Waals surface area contributed by atoms with E-state index >= 15 is 0 Å². The summed E-state index contributed by atoms with van der Waals surface area (Å²) in [5.41, 5.74) is -1.20. The largest absolute Gasteiger partial charge is 0.379 e. The smallest absolute Gasteiger partial charge is 0.255 e. The summed E-state index contributed by atoms with van der Waals surface area (Å²) in [5.74, 6) is 0.212. The molecule has 0 bridgehead atoms. The van der Waals surface area contributed by atoms with Gasteiger partial charge in [-0.25, -0.2) is 0 Å². The molecule has 3 saturated heterocycles. The van der Waals surface area contributed by atoms with E-state index in [1.165, 1.54) is 19.3 Å². The maximum atomic E-state index is 12.8.